The molecule has 0 saturated heterocycles. The van der Waals surface area contributed by atoms with Crippen LogP contribution in [0.15, 0.2) is 18.2 Å². The number of ether oxygens (including phenoxy) is 2. The fourth-order valence-corrected chi connectivity index (χ4v) is 3.43. The number of benzene rings is 1. The van der Waals surface area contributed by atoms with Gasteiger partial charge in [0.1, 0.15) is 11.4 Å². The van der Waals surface area contributed by atoms with Gasteiger partial charge >= 0.3 is 5.97 Å². The topological polar surface area (TPSA) is 77.5 Å². The minimum absolute atomic E-state index is 0.244. The molecule has 1 aromatic heterocycles. The molecule has 0 radical (unpaired) electrons. The Balaban J connectivity index is 1.89. The van der Waals surface area contributed by atoms with Crippen LogP contribution < -0.4 is 10.1 Å². The third-order valence-electron chi connectivity index (χ3n) is 3.34. The Morgan fingerprint density at radius 1 is 1.43 bits per heavy atom. The fourth-order valence-electron chi connectivity index (χ4n) is 2.27. The average Bonchev–Trinajstić information content (AvgIpc) is 2.99. The SMILES string of the molecule is COc1ccc(Cl)cc1C(=O)Nc1nc2c(s1)C(C)(C)OC2=O. The van der Waals surface area contributed by atoms with Crippen molar-refractivity contribution in [1.29, 1.82) is 0 Å². The summed E-state index contributed by atoms with van der Waals surface area (Å²) in [7, 11) is 1.47. The van der Waals surface area contributed by atoms with Crippen LogP contribution in [0.5, 0.6) is 5.75 Å². The van der Waals surface area contributed by atoms with E-state index in [1.807, 2.05) is 0 Å². The lowest BCUT2D eigenvalue weighted by atomic mass is 10.1. The van der Waals surface area contributed by atoms with Crippen molar-refractivity contribution < 1.29 is 19.1 Å². The summed E-state index contributed by atoms with van der Waals surface area (Å²) in [6.07, 6.45) is 0. The number of hydrogen-bond acceptors (Lipinski definition) is 6. The molecule has 0 fully saturated rings. The van der Waals surface area contributed by atoms with E-state index in [4.69, 9.17) is 21.1 Å². The molecular formula is C15H13ClN2O4S. The maximum Gasteiger partial charge on any atom is 0.359 e. The van der Waals surface area contributed by atoms with Gasteiger partial charge in [0.05, 0.1) is 17.6 Å². The zero-order chi connectivity index (χ0) is 16.8. The number of aromatic nitrogens is 1. The molecule has 8 heteroatoms. The second-order valence-electron chi connectivity index (χ2n) is 5.40. The first-order valence-electron chi connectivity index (χ1n) is 6.71. The first-order chi connectivity index (χ1) is 10.8. The minimum Gasteiger partial charge on any atom is -0.496 e. The average molecular weight is 353 g/mol. The second-order valence-corrected chi connectivity index (χ2v) is 6.83. The van der Waals surface area contributed by atoms with Gasteiger partial charge in [-0.05, 0) is 32.0 Å². The highest BCUT2D eigenvalue weighted by Crippen LogP contribution is 2.41. The molecule has 1 aliphatic rings. The van der Waals surface area contributed by atoms with E-state index in [1.54, 1.807) is 26.0 Å². The fraction of sp³-hybridized carbons (Fsp3) is 0.267. The van der Waals surface area contributed by atoms with Crippen LogP contribution in [0, 0.1) is 0 Å². The maximum absolute atomic E-state index is 12.4. The Morgan fingerprint density at radius 3 is 2.83 bits per heavy atom. The zero-order valence-electron chi connectivity index (χ0n) is 12.6. The second kappa shape index (κ2) is 5.50. The van der Waals surface area contributed by atoms with Crippen LogP contribution in [0.2, 0.25) is 5.02 Å². The van der Waals surface area contributed by atoms with Gasteiger partial charge in [0.25, 0.3) is 5.91 Å². The Labute approximate surface area is 141 Å². The van der Waals surface area contributed by atoms with Crippen molar-refractivity contribution in [2.24, 2.45) is 0 Å². The quantitative estimate of drug-likeness (QED) is 0.856. The zero-order valence-corrected chi connectivity index (χ0v) is 14.2. The summed E-state index contributed by atoms with van der Waals surface area (Å²) in [6, 6.07) is 4.75. The van der Waals surface area contributed by atoms with E-state index in [9.17, 15) is 9.59 Å². The number of nitrogens with one attached hydrogen (secondary N) is 1. The lowest BCUT2D eigenvalue weighted by molar-refractivity contribution is 0.0102. The number of anilines is 1. The van der Waals surface area contributed by atoms with Crippen molar-refractivity contribution >= 4 is 39.9 Å². The molecule has 0 saturated carbocycles. The Bertz CT molecular complexity index is 816. The van der Waals surface area contributed by atoms with Crippen LogP contribution in [-0.2, 0) is 10.3 Å². The molecular weight excluding hydrogens is 340 g/mol. The Morgan fingerprint density at radius 2 is 2.17 bits per heavy atom. The first-order valence-corrected chi connectivity index (χ1v) is 7.91. The molecule has 2 aromatic rings. The summed E-state index contributed by atoms with van der Waals surface area (Å²) in [4.78, 5) is 29.0. The van der Waals surface area contributed by atoms with Crippen molar-refractivity contribution in [1.82, 2.24) is 4.98 Å². The number of cyclic esters (lactones) is 1. The van der Waals surface area contributed by atoms with Gasteiger partial charge in [-0.3, -0.25) is 10.1 Å². The van der Waals surface area contributed by atoms with Crippen LogP contribution in [0.4, 0.5) is 5.13 Å². The number of hydrogen-bond donors (Lipinski definition) is 1. The number of rotatable bonds is 3. The monoisotopic (exact) mass is 352 g/mol. The van der Waals surface area contributed by atoms with Gasteiger partial charge in [-0.2, -0.15) is 0 Å². The van der Waals surface area contributed by atoms with Crippen LogP contribution in [0.3, 0.4) is 0 Å². The molecule has 1 N–H and O–H groups in total. The third kappa shape index (κ3) is 2.77. The number of amides is 1. The Kier molecular flexibility index (Phi) is 3.77. The summed E-state index contributed by atoms with van der Waals surface area (Å²) in [5, 5.41) is 3.41. The standard InChI is InChI=1S/C15H13ClN2O4S/c1-15(2)11-10(13(20)22-15)17-14(23-11)18-12(19)8-6-7(16)4-5-9(8)21-3/h4-6H,1-3H3,(H,17,18,19). The summed E-state index contributed by atoms with van der Waals surface area (Å²) < 4.78 is 10.4. The number of fused-ring (bicyclic) bond motifs is 1. The smallest absolute Gasteiger partial charge is 0.359 e. The van der Waals surface area contributed by atoms with Crippen molar-refractivity contribution in [3.8, 4) is 5.75 Å². The first kappa shape index (κ1) is 15.8. The van der Waals surface area contributed by atoms with E-state index in [0.717, 1.165) is 0 Å². The number of halogens is 1. The van der Waals surface area contributed by atoms with Gasteiger partial charge in [0.15, 0.2) is 10.8 Å². The number of nitrogens with zero attached hydrogens (tertiary/aromatic N) is 1. The number of methoxy groups -OCH3 is 1. The lowest BCUT2D eigenvalue weighted by Gasteiger charge is -2.15. The number of carbonyl (C=O) groups is 2. The molecule has 6 nitrogen and oxygen atoms in total. The number of carbonyl (C=O) groups excluding carboxylic acids is 2. The molecule has 0 unspecified atom stereocenters. The van der Waals surface area contributed by atoms with E-state index < -0.39 is 17.5 Å². The van der Waals surface area contributed by atoms with E-state index in [1.165, 1.54) is 24.5 Å². The number of esters is 1. The predicted molar refractivity (Wildman–Crippen MR) is 86.5 cm³/mol. The van der Waals surface area contributed by atoms with Gasteiger partial charge in [-0.1, -0.05) is 22.9 Å². The van der Waals surface area contributed by atoms with Crippen LogP contribution >= 0.6 is 22.9 Å². The summed E-state index contributed by atoms with van der Waals surface area (Å²) in [5.41, 5.74) is -0.202. The molecule has 1 amide bonds. The van der Waals surface area contributed by atoms with Gasteiger partial charge < -0.3 is 9.47 Å². The van der Waals surface area contributed by atoms with Gasteiger partial charge in [-0.15, -0.1) is 0 Å². The molecule has 0 aliphatic carbocycles. The van der Waals surface area contributed by atoms with E-state index in [2.05, 4.69) is 10.3 Å². The van der Waals surface area contributed by atoms with Crippen molar-refractivity contribution in [3.05, 3.63) is 39.4 Å². The molecule has 2 heterocycles. The van der Waals surface area contributed by atoms with Gasteiger partial charge in [-0.25, -0.2) is 9.78 Å². The van der Waals surface area contributed by atoms with E-state index in [-0.39, 0.29) is 11.3 Å². The molecule has 3 rings (SSSR count). The summed E-state index contributed by atoms with van der Waals surface area (Å²) in [5.74, 6) is -0.499. The third-order valence-corrected chi connectivity index (χ3v) is 4.85. The van der Waals surface area contributed by atoms with Crippen molar-refractivity contribution in [2.45, 2.75) is 19.4 Å². The summed E-state index contributed by atoms with van der Waals surface area (Å²) in [6.45, 7) is 3.56. The Hall–Kier alpha value is -2.12. The molecule has 0 spiro atoms. The molecule has 1 aromatic carbocycles. The molecule has 120 valence electrons. The van der Waals surface area contributed by atoms with Crippen LogP contribution in [-0.4, -0.2) is 24.0 Å². The predicted octanol–water partition coefficient (Wildman–Crippen LogP) is 3.46. The van der Waals surface area contributed by atoms with Crippen molar-refractivity contribution in [2.75, 3.05) is 12.4 Å². The largest absolute Gasteiger partial charge is 0.496 e. The van der Waals surface area contributed by atoms with Crippen molar-refractivity contribution in [3.63, 3.8) is 0 Å². The maximum atomic E-state index is 12.4. The molecule has 0 atom stereocenters. The van der Waals surface area contributed by atoms with E-state index >= 15 is 0 Å². The lowest BCUT2D eigenvalue weighted by Crippen LogP contribution is -2.16. The van der Waals surface area contributed by atoms with E-state index in [0.29, 0.717) is 20.8 Å². The number of thiazole rings is 1. The van der Waals surface area contributed by atoms with Gasteiger partial charge in [0, 0.05) is 5.02 Å². The van der Waals surface area contributed by atoms with Crippen LogP contribution in [0.25, 0.3) is 0 Å². The van der Waals surface area contributed by atoms with Gasteiger partial charge in [0.2, 0.25) is 0 Å². The minimum atomic E-state index is -0.735. The highest BCUT2D eigenvalue weighted by Gasteiger charge is 2.41. The highest BCUT2D eigenvalue weighted by molar-refractivity contribution is 7.16. The summed E-state index contributed by atoms with van der Waals surface area (Å²) >= 11 is 7.14. The molecule has 1 aliphatic heterocycles. The van der Waals surface area contributed by atoms with Crippen LogP contribution in [0.1, 0.15) is 39.6 Å². The highest BCUT2D eigenvalue weighted by atomic mass is 35.5. The molecule has 23 heavy (non-hydrogen) atoms. The molecule has 0 bridgehead atoms. The normalized spacial score (nSPS) is 15.0.